The highest BCUT2D eigenvalue weighted by Crippen LogP contribution is 2.28. The van der Waals surface area contributed by atoms with E-state index in [0.29, 0.717) is 19.0 Å². The van der Waals surface area contributed by atoms with Gasteiger partial charge in [-0.2, -0.15) is 0 Å². The lowest BCUT2D eigenvalue weighted by Gasteiger charge is -2.28. The van der Waals surface area contributed by atoms with Crippen LogP contribution in [0.1, 0.15) is 13.8 Å². The molecule has 1 aromatic carbocycles. The molecule has 2 aromatic rings. The molecule has 0 spiro atoms. The summed E-state index contributed by atoms with van der Waals surface area (Å²) in [7, 11) is 0. The van der Waals surface area contributed by atoms with Crippen LogP contribution in [-0.4, -0.2) is 57.5 Å². The molecule has 0 radical (unpaired) electrons. The zero-order chi connectivity index (χ0) is 16.3. The first-order chi connectivity index (χ1) is 11.0. The number of thioether (sulfide) groups is 1. The summed E-state index contributed by atoms with van der Waals surface area (Å²) in [5.41, 5.74) is 0.273. The van der Waals surface area contributed by atoms with Gasteiger partial charge in [0.05, 0.1) is 24.5 Å². The maximum absolute atomic E-state index is 9.99. The van der Waals surface area contributed by atoms with E-state index in [1.807, 2.05) is 30.3 Å². The summed E-state index contributed by atoms with van der Waals surface area (Å²) in [5, 5.41) is 19.5. The molecule has 124 valence electrons. The van der Waals surface area contributed by atoms with Crippen LogP contribution in [0.5, 0.6) is 0 Å². The van der Waals surface area contributed by atoms with E-state index in [2.05, 4.69) is 19.7 Å². The second-order valence-corrected chi connectivity index (χ2v) is 7.10. The van der Waals surface area contributed by atoms with Crippen LogP contribution in [0.3, 0.4) is 0 Å². The number of aromatic nitrogens is 3. The Balaban J connectivity index is 1.94. The third-order valence-electron chi connectivity index (χ3n) is 3.48. The number of aliphatic hydroxyl groups is 1. The largest absolute Gasteiger partial charge is 0.390 e. The van der Waals surface area contributed by atoms with E-state index in [1.54, 1.807) is 13.8 Å². The number of nitrogens with zero attached hydrogens (tertiary/aromatic N) is 4. The monoisotopic (exact) mass is 334 g/mol. The Morgan fingerprint density at radius 1 is 1.17 bits per heavy atom. The molecule has 1 aromatic heterocycles. The fourth-order valence-electron chi connectivity index (χ4n) is 2.37. The lowest BCUT2D eigenvalue weighted by atomic mass is 10.2. The lowest BCUT2D eigenvalue weighted by Crippen LogP contribution is -2.37. The molecule has 1 aliphatic rings. The summed E-state index contributed by atoms with van der Waals surface area (Å²) < 4.78 is 7.49. The van der Waals surface area contributed by atoms with Gasteiger partial charge in [0.1, 0.15) is 0 Å². The SMILES string of the molecule is CC(C)(O)CSc1nnc(N2CCOCC2)n1-c1ccccc1. The minimum Gasteiger partial charge on any atom is -0.390 e. The molecule has 0 amide bonds. The fourth-order valence-corrected chi connectivity index (χ4v) is 3.27. The van der Waals surface area contributed by atoms with Crippen molar-refractivity contribution in [3.8, 4) is 5.69 Å². The quantitative estimate of drug-likeness (QED) is 0.844. The number of ether oxygens (including phenoxy) is 1. The number of benzene rings is 1. The molecular formula is C16H22N4O2S. The Bertz CT molecular complexity index is 633. The summed E-state index contributed by atoms with van der Waals surface area (Å²) >= 11 is 1.52. The highest BCUT2D eigenvalue weighted by molar-refractivity contribution is 7.99. The van der Waals surface area contributed by atoms with E-state index in [9.17, 15) is 5.11 Å². The minimum atomic E-state index is -0.753. The molecule has 6 nitrogen and oxygen atoms in total. The Kier molecular flexibility index (Phi) is 4.89. The maximum atomic E-state index is 9.99. The smallest absolute Gasteiger partial charge is 0.232 e. The number of hydrogen-bond donors (Lipinski definition) is 1. The van der Waals surface area contributed by atoms with Gasteiger partial charge in [-0.05, 0) is 26.0 Å². The van der Waals surface area contributed by atoms with Crippen molar-refractivity contribution >= 4 is 17.7 Å². The van der Waals surface area contributed by atoms with E-state index in [4.69, 9.17) is 4.74 Å². The molecule has 0 unspecified atom stereocenters. The zero-order valence-electron chi connectivity index (χ0n) is 13.5. The maximum Gasteiger partial charge on any atom is 0.232 e. The Labute approximate surface area is 140 Å². The first-order valence-electron chi connectivity index (χ1n) is 7.73. The molecule has 2 heterocycles. The van der Waals surface area contributed by atoms with Gasteiger partial charge in [0.2, 0.25) is 5.95 Å². The van der Waals surface area contributed by atoms with Crippen molar-refractivity contribution in [1.82, 2.24) is 14.8 Å². The van der Waals surface area contributed by atoms with Crippen LogP contribution in [0.15, 0.2) is 35.5 Å². The van der Waals surface area contributed by atoms with Crippen LogP contribution in [0, 0.1) is 0 Å². The van der Waals surface area contributed by atoms with Gasteiger partial charge in [0.15, 0.2) is 5.16 Å². The Morgan fingerprint density at radius 3 is 2.52 bits per heavy atom. The molecule has 3 rings (SSSR count). The number of anilines is 1. The summed E-state index contributed by atoms with van der Waals surface area (Å²) in [6.45, 7) is 6.61. The van der Waals surface area contributed by atoms with Crippen LogP contribution in [0.2, 0.25) is 0 Å². The highest BCUT2D eigenvalue weighted by Gasteiger charge is 2.23. The summed E-state index contributed by atoms with van der Waals surface area (Å²) in [4.78, 5) is 2.19. The summed E-state index contributed by atoms with van der Waals surface area (Å²) in [6, 6.07) is 10.1. The molecule has 1 N–H and O–H groups in total. The van der Waals surface area contributed by atoms with Crippen LogP contribution in [0.25, 0.3) is 5.69 Å². The van der Waals surface area contributed by atoms with Crippen molar-refractivity contribution in [2.24, 2.45) is 0 Å². The molecule has 0 aliphatic carbocycles. The van der Waals surface area contributed by atoms with Crippen molar-refractivity contribution in [1.29, 1.82) is 0 Å². The minimum absolute atomic E-state index is 0.557. The zero-order valence-corrected chi connectivity index (χ0v) is 14.3. The topological polar surface area (TPSA) is 63.4 Å². The normalized spacial score (nSPS) is 15.9. The summed E-state index contributed by atoms with van der Waals surface area (Å²) in [5.74, 6) is 1.39. The first-order valence-corrected chi connectivity index (χ1v) is 8.72. The molecule has 0 bridgehead atoms. The molecule has 1 fully saturated rings. The van der Waals surface area contributed by atoms with Crippen LogP contribution >= 0.6 is 11.8 Å². The molecule has 23 heavy (non-hydrogen) atoms. The summed E-state index contributed by atoms with van der Waals surface area (Å²) in [6.07, 6.45) is 0. The van der Waals surface area contributed by atoms with Gasteiger partial charge in [-0.15, -0.1) is 10.2 Å². The molecule has 0 saturated carbocycles. The van der Waals surface area contributed by atoms with Gasteiger partial charge in [-0.1, -0.05) is 30.0 Å². The van der Waals surface area contributed by atoms with E-state index in [1.165, 1.54) is 11.8 Å². The van der Waals surface area contributed by atoms with E-state index in [0.717, 1.165) is 29.9 Å². The predicted molar refractivity (Wildman–Crippen MR) is 91.4 cm³/mol. The molecular weight excluding hydrogens is 312 g/mol. The molecule has 0 atom stereocenters. The lowest BCUT2D eigenvalue weighted by molar-refractivity contribution is 0.107. The van der Waals surface area contributed by atoms with Crippen molar-refractivity contribution in [2.75, 3.05) is 37.0 Å². The van der Waals surface area contributed by atoms with Crippen LogP contribution in [0.4, 0.5) is 5.95 Å². The van der Waals surface area contributed by atoms with Crippen molar-refractivity contribution < 1.29 is 9.84 Å². The molecule has 7 heteroatoms. The third kappa shape index (κ3) is 4.04. The fraction of sp³-hybridized carbons (Fsp3) is 0.500. The second kappa shape index (κ2) is 6.90. The van der Waals surface area contributed by atoms with Crippen molar-refractivity contribution in [3.05, 3.63) is 30.3 Å². The highest BCUT2D eigenvalue weighted by atomic mass is 32.2. The average molecular weight is 334 g/mol. The van der Waals surface area contributed by atoms with E-state index >= 15 is 0 Å². The molecule has 1 saturated heterocycles. The van der Waals surface area contributed by atoms with Gasteiger partial charge in [0.25, 0.3) is 0 Å². The Hall–Kier alpha value is -1.57. The van der Waals surface area contributed by atoms with E-state index in [-0.39, 0.29) is 0 Å². The van der Waals surface area contributed by atoms with Gasteiger partial charge in [-0.3, -0.25) is 4.57 Å². The Morgan fingerprint density at radius 2 is 1.87 bits per heavy atom. The van der Waals surface area contributed by atoms with Gasteiger partial charge < -0.3 is 14.7 Å². The third-order valence-corrected chi connectivity index (χ3v) is 4.85. The number of para-hydroxylation sites is 1. The predicted octanol–water partition coefficient (Wildman–Crippen LogP) is 1.97. The molecule has 1 aliphatic heterocycles. The average Bonchev–Trinajstić information content (AvgIpc) is 2.98. The van der Waals surface area contributed by atoms with Gasteiger partial charge in [0, 0.05) is 18.8 Å². The van der Waals surface area contributed by atoms with Crippen molar-refractivity contribution in [3.63, 3.8) is 0 Å². The first kappa shape index (κ1) is 16.3. The number of hydrogen-bond acceptors (Lipinski definition) is 6. The van der Waals surface area contributed by atoms with E-state index < -0.39 is 5.60 Å². The van der Waals surface area contributed by atoms with Crippen molar-refractivity contribution in [2.45, 2.75) is 24.6 Å². The van der Waals surface area contributed by atoms with Gasteiger partial charge in [-0.25, -0.2) is 0 Å². The van der Waals surface area contributed by atoms with Crippen LogP contribution < -0.4 is 4.90 Å². The standard InChI is InChI=1S/C16H22N4O2S/c1-16(2,21)12-23-15-18-17-14(19-8-10-22-11-9-19)20(15)13-6-4-3-5-7-13/h3-7,21H,8-12H2,1-2H3. The number of rotatable bonds is 5. The second-order valence-electron chi connectivity index (χ2n) is 6.15. The number of morpholine rings is 1. The van der Waals surface area contributed by atoms with Gasteiger partial charge >= 0.3 is 0 Å². The van der Waals surface area contributed by atoms with Crippen LogP contribution in [-0.2, 0) is 4.74 Å².